The first-order valence-electron chi connectivity index (χ1n) is 2.49. The Morgan fingerprint density at radius 3 is 1.89 bits per heavy atom. The standard InChI is InChI=1S/C5H10O3S/c1-4(6)5(2,3)9(7)8/h1-3H3,(H,7,8)/p-1. The minimum atomic E-state index is -2.31. The zero-order valence-corrected chi connectivity index (χ0v) is 6.45. The van der Waals surface area contributed by atoms with Gasteiger partial charge in [0.15, 0.2) is 0 Å². The van der Waals surface area contributed by atoms with Crippen LogP contribution >= 0.6 is 0 Å². The van der Waals surface area contributed by atoms with Gasteiger partial charge < -0.3 is 4.55 Å². The monoisotopic (exact) mass is 149 g/mol. The summed E-state index contributed by atoms with van der Waals surface area (Å²) in [7, 11) is 0. The molecule has 0 bridgehead atoms. The van der Waals surface area contributed by atoms with Crippen molar-refractivity contribution in [3.8, 4) is 0 Å². The molecule has 0 heterocycles. The first-order chi connectivity index (χ1) is 3.89. The van der Waals surface area contributed by atoms with Gasteiger partial charge in [0.25, 0.3) is 0 Å². The predicted octanol–water partition coefficient (Wildman–Crippen LogP) is 0.233. The van der Waals surface area contributed by atoms with Crippen molar-refractivity contribution in [3.63, 3.8) is 0 Å². The molecule has 0 rings (SSSR count). The molecule has 4 heteroatoms. The molecule has 1 unspecified atom stereocenters. The van der Waals surface area contributed by atoms with Crippen LogP contribution in [0.5, 0.6) is 0 Å². The zero-order chi connectivity index (χ0) is 7.65. The number of hydrogen-bond donors (Lipinski definition) is 0. The number of rotatable bonds is 2. The lowest BCUT2D eigenvalue weighted by Crippen LogP contribution is -2.34. The Kier molecular flexibility index (Phi) is 2.51. The minimum absolute atomic E-state index is 0.337. The van der Waals surface area contributed by atoms with Crippen LogP contribution in [0.15, 0.2) is 0 Å². The van der Waals surface area contributed by atoms with Crippen LogP contribution in [0.3, 0.4) is 0 Å². The maximum Gasteiger partial charge on any atom is 0.146 e. The zero-order valence-electron chi connectivity index (χ0n) is 5.63. The second-order valence-electron chi connectivity index (χ2n) is 2.30. The molecule has 0 aliphatic carbocycles. The third kappa shape index (κ3) is 1.87. The van der Waals surface area contributed by atoms with Crippen LogP contribution < -0.4 is 0 Å². The lowest BCUT2D eigenvalue weighted by Gasteiger charge is -2.23. The average Bonchev–Trinajstić information content (AvgIpc) is 1.65. The van der Waals surface area contributed by atoms with E-state index in [1.165, 1.54) is 20.8 Å². The molecule has 0 saturated heterocycles. The molecular formula is C5H9O3S-. The highest BCUT2D eigenvalue weighted by Crippen LogP contribution is 2.10. The van der Waals surface area contributed by atoms with Crippen LogP contribution in [-0.2, 0) is 15.9 Å². The van der Waals surface area contributed by atoms with E-state index in [0.717, 1.165) is 0 Å². The van der Waals surface area contributed by atoms with E-state index in [9.17, 15) is 13.6 Å². The van der Waals surface area contributed by atoms with Gasteiger partial charge in [-0.2, -0.15) is 0 Å². The van der Waals surface area contributed by atoms with E-state index in [1.54, 1.807) is 0 Å². The van der Waals surface area contributed by atoms with Crippen molar-refractivity contribution < 1.29 is 13.6 Å². The van der Waals surface area contributed by atoms with Gasteiger partial charge in [0.05, 0.1) is 4.75 Å². The highest BCUT2D eigenvalue weighted by Gasteiger charge is 2.24. The molecule has 1 atom stereocenters. The van der Waals surface area contributed by atoms with Crippen molar-refractivity contribution in [2.75, 3.05) is 0 Å². The van der Waals surface area contributed by atoms with Crippen LogP contribution in [0.1, 0.15) is 20.8 Å². The molecule has 54 valence electrons. The predicted molar refractivity (Wildman–Crippen MR) is 33.7 cm³/mol. The number of carbonyl (C=O) groups excluding carboxylic acids is 1. The number of ketones is 1. The molecule has 9 heavy (non-hydrogen) atoms. The Morgan fingerprint density at radius 1 is 1.56 bits per heavy atom. The molecule has 0 spiro atoms. The second kappa shape index (κ2) is 2.58. The van der Waals surface area contributed by atoms with E-state index in [1.807, 2.05) is 0 Å². The van der Waals surface area contributed by atoms with Gasteiger partial charge in [-0.3, -0.25) is 9.00 Å². The van der Waals surface area contributed by atoms with E-state index in [0.29, 0.717) is 0 Å². The van der Waals surface area contributed by atoms with Crippen molar-refractivity contribution in [1.29, 1.82) is 0 Å². The summed E-state index contributed by atoms with van der Waals surface area (Å²) in [6, 6.07) is 0. The largest absolute Gasteiger partial charge is 0.772 e. The van der Waals surface area contributed by atoms with Crippen LogP contribution in [0, 0.1) is 0 Å². The average molecular weight is 149 g/mol. The van der Waals surface area contributed by atoms with Gasteiger partial charge in [-0.15, -0.1) is 0 Å². The van der Waals surface area contributed by atoms with Crippen LogP contribution in [0.2, 0.25) is 0 Å². The quantitative estimate of drug-likeness (QED) is 0.528. The maximum absolute atomic E-state index is 10.5. The van der Waals surface area contributed by atoms with Crippen LogP contribution in [0.25, 0.3) is 0 Å². The summed E-state index contributed by atoms with van der Waals surface area (Å²) in [5, 5.41) is 0. The van der Waals surface area contributed by atoms with Crippen LogP contribution in [-0.4, -0.2) is 19.3 Å². The fourth-order valence-electron chi connectivity index (χ4n) is 0.117. The number of carbonyl (C=O) groups is 1. The molecule has 0 radical (unpaired) electrons. The van der Waals surface area contributed by atoms with Crippen molar-refractivity contribution >= 4 is 16.9 Å². The summed E-state index contributed by atoms with van der Waals surface area (Å²) >= 11 is -2.31. The molecule has 0 aromatic heterocycles. The third-order valence-electron chi connectivity index (χ3n) is 1.26. The topological polar surface area (TPSA) is 57.2 Å². The number of hydrogen-bond acceptors (Lipinski definition) is 3. The highest BCUT2D eigenvalue weighted by atomic mass is 32.2. The second-order valence-corrected chi connectivity index (χ2v) is 3.79. The SMILES string of the molecule is CC(=O)C(C)(C)S(=O)[O-]. The Balaban J connectivity index is 4.38. The van der Waals surface area contributed by atoms with Crippen molar-refractivity contribution in [1.82, 2.24) is 0 Å². The Hall–Kier alpha value is -0.220. The van der Waals surface area contributed by atoms with Gasteiger partial charge in [-0.1, -0.05) is 0 Å². The summed E-state index contributed by atoms with van der Waals surface area (Å²) in [6.45, 7) is 4.01. The molecule has 0 N–H and O–H groups in total. The summed E-state index contributed by atoms with van der Waals surface area (Å²) in [4.78, 5) is 10.5. The van der Waals surface area contributed by atoms with Gasteiger partial charge in [0.1, 0.15) is 5.78 Å². The Labute approximate surface area is 56.7 Å². The van der Waals surface area contributed by atoms with Crippen LogP contribution in [0.4, 0.5) is 0 Å². The van der Waals surface area contributed by atoms with Gasteiger partial charge in [-0.25, -0.2) is 0 Å². The third-order valence-corrected chi connectivity index (χ3v) is 2.39. The molecule has 0 aliphatic heterocycles. The van der Waals surface area contributed by atoms with E-state index in [-0.39, 0.29) is 5.78 Å². The minimum Gasteiger partial charge on any atom is -0.772 e. The summed E-state index contributed by atoms with van der Waals surface area (Å²) in [5.41, 5.74) is 0. The fraction of sp³-hybridized carbons (Fsp3) is 0.800. The lowest BCUT2D eigenvalue weighted by atomic mass is 10.1. The first kappa shape index (κ1) is 8.78. The summed E-state index contributed by atoms with van der Waals surface area (Å²) in [6.07, 6.45) is 0. The van der Waals surface area contributed by atoms with Gasteiger partial charge >= 0.3 is 0 Å². The van der Waals surface area contributed by atoms with Crippen molar-refractivity contribution in [2.45, 2.75) is 25.5 Å². The van der Waals surface area contributed by atoms with E-state index < -0.39 is 15.8 Å². The molecule has 0 saturated carbocycles. The highest BCUT2D eigenvalue weighted by molar-refractivity contribution is 7.81. The van der Waals surface area contributed by atoms with E-state index >= 15 is 0 Å². The number of Topliss-reactive ketones (excluding diaryl/α,β-unsaturated/α-hetero) is 1. The Morgan fingerprint density at radius 2 is 1.89 bits per heavy atom. The first-order valence-corrected chi connectivity index (χ1v) is 3.57. The smallest absolute Gasteiger partial charge is 0.146 e. The molecule has 0 aromatic carbocycles. The van der Waals surface area contributed by atoms with Crippen molar-refractivity contribution in [3.05, 3.63) is 0 Å². The van der Waals surface area contributed by atoms with Gasteiger partial charge in [-0.05, 0) is 31.9 Å². The van der Waals surface area contributed by atoms with Gasteiger partial charge in [0, 0.05) is 0 Å². The molecule has 0 aromatic rings. The molecule has 3 nitrogen and oxygen atoms in total. The van der Waals surface area contributed by atoms with E-state index in [2.05, 4.69) is 0 Å². The lowest BCUT2D eigenvalue weighted by molar-refractivity contribution is -0.118. The normalized spacial score (nSPS) is 15.1. The molecule has 0 aliphatic rings. The Bertz CT molecular complexity index is 134. The van der Waals surface area contributed by atoms with E-state index in [4.69, 9.17) is 0 Å². The molecular weight excluding hydrogens is 140 g/mol. The molecule has 0 fully saturated rings. The van der Waals surface area contributed by atoms with Crippen molar-refractivity contribution in [2.24, 2.45) is 0 Å². The molecule has 0 amide bonds. The maximum atomic E-state index is 10.5. The fourth-order valence-corrected chi connectivity index (χ4v) is 0.352. The summed E-state index contributed by atoms with van der Waals surface area (Å²) in [5.74, 6) is -0.337. The summed E-state index contributed by atoms with van der Waals surface area (Å²) < 4.78 is 19.3. The van der Waals surface area contributed by atoms with Gasteiger partial charge in [0.2, 0.25) is 0 Å².